The van der Waals surface area contributed by atoms with Crippen molar-refractivity contribution in [3.05, 3.63) is 0 Å². The highest BCUT2D eigenvalue weighted by atomic mass is 32.1. The van der Waals surface area contributed by atoms with E-state index < -0.39 is 0 Å². The number of nitrogens with zero attached hydrogens (tertiary/aromatic N) is 1. The molecule has 74 valence electrons. The van der Waals surface area contributed by atoms with Crippen LogP contribution in [0.25, 0.3) is 0 Å². The third-order valence-corrected chi connectivity index (χ3v) is 2.61. The third kappa shape index (κ3) is 2.16. The van der Waals surface area contributed by atoms with Crippen LogP contribution in [0.5, 0.6) is 0 Å². The number of hydrogen-bond acceptors (Lipinski definition) is 3. The molecule has 0 aliphatic carbocycles. The molecule has 13 heavy (non-hydrogen) atoms. The molecule has 0 saturated carbocycles. The Balaban J connectivity index is 2.72. The maximum absolute atomic E-state index is 11.0. The molecule has 1 rings (SSSR count). The van der Waals surface area contributed by atoms with E-state index >= 15 is 0 Å². The molecule has 2 atom stereocenters. The van der Waals surface area contributed by atoms with Gasteiger partial charge in [-0.3, -0.25) is 4.79 Å². The van der Waals surface area contributed by atoms with E-state index in [0.29, 0.717) is 11.5 Å². The molecule has 0 aromatic carbocycles. The number of carbonyl (C=O) groups is 1. The summed E-state index contributed by atoms with van der Waals surface area (Å²) in [6, 6.07) is 0.281. The zero-order valence-corrected chi connectivity index (χ0v) is 8.73. The van der Waals surface area contributed by atoms with Gasteiger partial charge in [-0.25, -0.2) is 0 Å². The minimum Gasteiger partial charge on any atom is -0.330 e. The van der Waals surface area contributed by atoms with Crippen molar-refractivity contribution in [2.75, 3.05) is 0 Å². The predicted molar refractivity (Wildman–Crippen MR) is 54.9 cm³/mol. The Labute approximate surface area is 83.5 Å². The van der Waals surface area contributed by atoms with Gasteiger partial charge >= 0.3 is 0 Å². The summed E-state index contributed by atoms with van der Waals surface area (Å²) in [6.45, 7) is 4.11. The Hall–Kier alpha value is -0.680. The highest BCUT2D eigenvalue weighted by Gasteiger charge is 2.29. The van der Waals surface area contributed by atoms with E-state index in [2.05, 4.69) is 12.2 Å². The summed E-state index contributed by atoms with van der Waals surface area (Å²) in [4.78, 5) is 12.9. The van der Waals surface area contributed by atoms with E-state index in [1.165, 1.54) is 0 Å². The van der Waals surface area contributed by atoms with E-state index in [4.69, 9.17) is 18.0 Å². The zero-order valence-electron chi connectivity index (χ0n) is 7.91. The Morgan fingerprint density at radius 3 is 2.92 bits per heavy atom. The summed E-state index contributed by atoms with van der Waals surface area (Å²) >= 11 is 5.04. The molecule has 4 nitrogen and oxygen atoms in total. The first-order valence-corrected chi connectivity index (χ1v) is 4.84. The second kappa shape index (κ2) is 4.02. The number of hydrogen-bond donors (Lipinski definition) is 2. The summed E-state index contributed by atoms with van der Waals surface area (Å²) in [6.07, 6.45) is 1.02. The van der Waals surface area contributed by atoms with Crippen LogP contribution in [0.4, 0.5) is 0 Å². The van der Waals surface area contributed by atoms with Gasteiger partial charge in [-0.1, -0.05) is 6.92 Å². The monoisotopic (exact) mass is 201 g/mol. The fourth-order valence-electron chi connectivity index (χ4n) is 1.40. The molecular weight excluding hydrogens is 186 g/mol. The lowest BCUT2D eigenvalue weighted by Gasteiger charge is -2.39. The average molecular weight is 201 g/mol. The molecule has 3 N–H and O–H groups in total. The summed E-state index contributed by atoms with van der Waals surface area (Å²) in [5, 5.41) is 3.07. The van der Waals surface area contributed by atoms with Crippen LogP contribution in [0.2, 0.25) is 0 Å². The van der Waals surface area contributed by atoms with Gasteiger partial charge in [0.15, 0.2) is 5.11 Å². The van der Waals surface area contributed by atoms with Crippen LogP contribution in [0, 0.1) is 0 Å². The maximum atomic E-state index is 11.0. The Morgan fingerprint density at radius 1 is 1.85 bits per heavy atom. The molecule has 0 radical (unpaired) electrons. The fourth-order valence-corrected chi connectivity index (χ4v) is 1.83. The summed E-state index contributed by atoms with van der Waals surface area (Å²) in [5.41, 5.74) is 5.81. The first kappa shape index (κ1) is 10.4. The first-order valence-electron chi connectivity index (χ1n) is 4.44. The van der Waals surface area contributed by atoms with Crippen LogP contribution in [0.3, 0.4) is 0 Å². The fraction of sp³-hybridized carbons (Fsp3) is 0.750. The molecule has 5 heteroatoms. The van der Waals surface area contributed by atoms with Crippen LogP contribution in [-0.2, 0) is 4.79 Å². The molecule has 1 saturated heterocycles. The molecule has 1 heterocycles. The van der Waals surface area contributed by atoms with Gasteiger partial charge in [0.1, 0.15) is 0 Å². The molecule has 1 aliphatic rings. The minimum absolute atomic E-state index is 0.0861. The Kier molecular flexibility index (Phi) is 3.22. The predicted octanol–water partition coefficient (Wildman–Crippen LogP) is 0.176. The lowest BCUT2D eigenvalue weighted by molar-refractivity contribution is -0.122. The van der Waals surface area contributed by atoms with Crippen LogP contribution >= 0.6 is 12.2 Å². The third-order valence-electron chi connectivity index (χ3n) is 2.30. The van der Waals surface area contributed by atoms with Crippen molar-refractivity contribution in [2.24, 2.45) is 5.73 Å². The summed E-state index contributed by atoms with van der Waals surface area (Å²) in [5.74, 6) is -0.0861. The molecule has 2 unspecified atom stereocenters. The largest absolute Gasteiger partial charge is 0.330 e. The first-order chi connectivity index (χ1) is 6.06. The number of carbonyl (C=O) groups excluding carboxylic acids is 1. The second-order valence-electron chi connectivity index (χ2n) is 3.29. The van der Waals surface area contributed by atoms with Crippen molar-refractivity contribution < 1.29 is 4.79 Å². The lowest BCUT2D eigenvalue weighted by Crippen LogP contribution is -2.60. The van der Waals surface area contributed by atoms with Gasteiger partial charge in [0, 0.05) is 6.04 Å². The van der Waals surface area contributed by atoms with Crippen LogP contribution in [0.1, 0.15) is 26.7 Å². The molecule has 1 amide bonds. The van der Waals surface area contributed by atoms with Gasteiger partial charge in [-0.05, 0) is 25.6 Å². The van der Waals surface area contributed by atoms with Gasteiger partial charge in [0.25, 0.3) is 0 Å². The van der Waals surface area contributed by atoms with Crippen molar-refractivity contribution in [3.8, 4) is 0 Å². The van der Waals surface area contributed by atoms with E-state index in [-0.39, 0.29) is 18.1 Å². The SMILES string of the molecule is CCC(C)N1C(=S)NC(=O)CC1N. The van der Waals surface area contributed by atoms with E-state index in [1.54, 1.807) is 0 Å². The second-order valence-corrected chi connectivity index (χ2v) is 3.68. The quantitative estimate of drug-likeness (QED) is 0.626. The van der Waals surface area contributed by atoms with Crippen LogP contribution < -0.4 is 11.1 Å². The van der Waals surface area contributed by atoms with Crippen molar-refractivity contribution >= 4 is 23.2 Å². The number of nitrogens with one attached hydrogen (secondary N) is 1. The van der Waals surface area contributed by atoms with Gasteiger partial charge < -0.3 is 16.0 Å². The molecule has 0 spiro atoms. The Morgan fingerprint density at radius 2 is 2.46 bits per heavy atom. The van der Waals surface area contributed by atoms with Gasteiger partial charge in [-0.2, -0.15) is 0 Å². The topological polar surface area (TPSA) is 58.4 Å². The van der Waals surface area contributed by atoms with E-state index in [0.717, 1.165) is 6.42 Å². The number of amides is 1. The van der Waals surface area contributed by atoms with Gasteiger partial charge in [-0.15, -0.1) is 0 Å². The average Bonchev–Trinajstić information content (AvgIpc) is 2.02. The van der Waals surface area contributed by atoms with E-state index in [1.807, 2.05) is 11.8 Å². The maximum Gasteiger partial charge on any atom is 0.229 e. The zero-order chi connectivity index (χ0) is 10.0. The van der Waals surface area contributed by atoms with Crippen molar-refractivity contribution in [3.63, 3.8) is 0 Å². The molecule has 0 aromatic heterocycles. The highest BCUT2D eigenvalue weighted by molar-refractivity contribution is 7.80. The highest BCUT2D eigenvalue weighted by Crippen LogP contribution is 2.12. The minimum atomic E-state index is -0.267. The molecule has 1 aliphatic heterocycles. The lowest BCUT2D eigenvalue weighted by atomic mass is 10.1. The smallest absolute Gasteiger partial charge is 0.229 e. The van der Waals surface area contributed by atoms with Crippen molar-refractivity contribution in [1.82, 2.24) is 10.2 Å². The van der Waals surface area contributed by atoms with Gasteiger partial charge in [0.2, 0.25) is 5.91 Å². The Bertz CT molecular complexity index is 231. The summed E-state index contributed by atoms with van der Waals surface area (Å²) < 4.78 is 0. The van der Waals surface area contributed by atoms with Crippen LogP contribution in [-0.4, -0.2) is 28.1 Å². The number of thiocarbonyl (C=S) groups is 1. The van der Waals surface area contributed by atoms with Crippen LogP contribution in [0.15, 0.2) is 0 Å². The number of nitrogens with two attached hydrogens (primary N) is 1. The summed E-state index contributed by atoms with van der Waals surface area (Å²) in [7, 11) is 0. The molecule has 0 bridgehead atoms. The molecule has 1 fully saturated rings. The van der Waals surface area contributed by atoms with Gasteiger partial charge in [0.05, 0.1) is 12.6 Å². The number of rotatable bonds is 2. The normalized spacial score (nSPS) is 25.8. The standard InChI is InChI=1S/C8H15N3OS/c1-3-5(2)11-6(9)4-7(12)10-8(11)13/h5-6H,3-4,9H2,1-2H3,(H,10,12,13). The van der Waals surface area contributed by atoms with Crippen molar-refractivity contribution in [1.29, 1.82) is 0 Å². The van der Waals surface area contributed by atoms with Crippen molar-refractivity contribution in [2.45, 2.75) is 38.9 Å². The molecular formula is C8H15N3OS. The van der Waals surface area contributed by atoms with E-state index in [9.17, 15) is 4.79 Å². The molecule has 0 aromatic rings.